The lowest BCUT2D eigenvalue weighted by Gasteiger charge is -2.12. The van der Waals surface area contributed by atoms with Crippen LogP contribution in [-0.2, 0) is 10.2 Å². The Kier molecular flexibility index (Phi) is 6.10. The van der Waals surface area contributed by atoms with Crippen LogP contribution in [0.15, 0.2) is 60.0 Å². The van der Waals surface area contributed by atoms with Crippen molar-refractivity contribution >= 4 is 34.1 Å². The summed E-state index contributed by atoms with van der Waals surface area (Å²) in [5.41, 5.74) is 1.65. The molecule has 1 N–H and O–H groups in total. The van der Waals surface area contributed by atoms with E-state index in [0.29, 0.717) is 16.1 Å². The van der Waals surface area contributed by atoms with E-state index in [2.05, 4.69) is 51.5 Å². The molecule has 0 radical (unpaired) electrons. The number of carbonyl (C=O) groups is 1. The van der Waals surface area contributed by atoms with Crippen molar-refractivity contribution in [3.8, 4) is 17.1 Å². The Morgan fingerprint density at radius 1 is 1.06 bits per heavy atom. The summed E-state index contributed by atoms with van der Waals surface area (Å²) < 4.78 is 1.93. The van der Waals surface area contributed by atoms with Gasteiger partial charge in [0.1, 0.15) is 5.01 Å². The molecule has 0 atom stereocenters. The van der Waals surface area contributed by atoms with Crippen molar-refractivity contribution < 1.29 is 4.79 Å². The van der Waals surface area contributed by atoms with E-state index in [1.165, 1.54) is 23.1 Å². The molecule has 10 heteroatoms. The highest BCUT2D eigenvalue weighted by atomic mass is 32.2. The number of rotatable bonds is 6. The van der Waals surface area contributed by atoms with Gasteiger partial charge in [-0.2, -0.15) is 0 Å². The fourth-order valence-electron chi connectivity index (χ4n) is 2.72. The Hall–Kier alpha value is -3.11. The molecule has 0 spiro atoms. The van der Waals surface area contributed by atoms with E-state index >= 15 is 0 Å². The number of hydrogen-bond donors (Lipinski definition) is 1. The molecule has 3 heterocycles. The lowest BCUT2D eigenvalue weighted by atomic mass is 9.98. The fourth-order valence-corrected chi connectivity index (χ4v) is 4.29. The molecule has 1 aromatic carbocycles. The van der Waals surface area contributed by atoms with Crippen LogP contribution in [0.1, 0.15) is 25.8 Å². The smallest absolute Gasteiger partial charge is 0.236 e. The van der Waals surface area contributed by atoms with Gasteiger partial charge in [0.2, 0.25) is 11.0 Å². The van der Waals surface area contributed by atoms with E-state index in [1.54, 1.807) is 12.4 Å². The van der Waals surface area contributed by atoms with Crippen LogP contribution in [-0.4, -0.2) is 41.6 Å². The summed E-state index contributed by atoms with van der Waals surface area (Å²) >= 11 is 2.70. The van der Waals surface area contributed by atoms with Crippen molar-refractivity contribution in [3.05, 3.63) is 59.9 Å². The summed E-state index contributed by atoms with van der Waals surface area (Å²) in [7, 11) is 0. The highest BCUT2D eigenvalue weighted by Crippen LogP contribution is 2.29. The van der Waals surface area contributed by atoms with Crippen molar-refractivity contribution in [2.45, 2.75) is 31.3 Å². The number of para-hydroxylation sites is 1. The molecular formula is C21H21N7OS2. The van der Waals surface area contributed by atoms with Crippen LogP contribution in [0, 0.1) is 0 Å². The third-order valence-corrected chi connectivity index (χ3v) is 6.41. The number of carbonyl (C=O) groups excluding carboxylic acids is 1. The number of nitrogens with zero attached hydrogens (tertiary/aromatic N) is 6. The zero-order valence-electron chi connectivity index (χ0n) is 17.3. The van der Waals surface area contributed by atoms with E-state index in [4.69, 9.17) is 0 Å². The molecule has 0 bridgehead atoms. The topological polar surface area (TPSA) is 98.5 Å². The Bertz CT molecular complexity index is 1170. The summed E-state index contributed by atoms with van der Waals surface area (Å²) in [6.07, 6.45) is 3.46. The predicted octanol–water partition coefficient (Wildman–Crippen LogP) is 4.21. The Balaban J connectivity index is 1.53. The lowest BCUT2D eigenvalue weighted by Crippen LogP contribution is -2.14. The molecule has 4 aromatic rings. The maximum atomic E-state index is 12.5. The molecule has 1 amide bonds. The zero-order chi connectivity index (χ0) is 21.8. The molecular weight excluding hydrogens is 430 g/mol. The van der Waals surface area contributed by atoms with Gasteiger partial charge < -0.3 is 0 Å². The second-order valence-electron chi connectivity index (χ2n) is 7.72. The number of thioether (sulfide) groups is 1. The predicted molar refractivity (Wildman–Crippen MR) is 123 cm³/mol. The molecule has 0 aliphatic carbocycles. The average molecular weight is 452 g/mol. The number of hydrogen-bond acceptors (Lipinski definition) is 8. The van der Waals surface area contributed by atoms with E-state index in [-0.39, 0.29) is 17.1 Å². The minimum Gasteiger partial charge on any atom is -0.300 e. The number of anilines is 1. The number of aromatic nitrogens is 6. The second kappa shape index (κ2) is 8.94. The largest absolute Gasteiger partial charge is 0.300 e. The summed E-state index contributed by atoms with van der Waals surface area (Å²) in [5, 5.41) is 21.7. The normalized spacial score (nSPS) is 11.5. The summed E-state index contributed by atoms with van der Waals surface area (Å²) in [5.74, 6) is 0.663. The highest BCUT2D eigenvalue weighted by molar-refractivity contribution is 7.99. The Morgan fingerprint density at radius 2 is 1.87 bits per heavy atom. The van der Waals surface area contributed by atoms with Gasteiger partial charge in [-0.1, -0.05) is 62.1 Å². The standard InChI is InChI=1S/C21H21N7OS2/c1-21(2,3)18-25-26-19(31-18)23-16(29)13-30-20-27-24-17(14-8-7-11-22-12-14)28(20)15-9-5-4-6-10-15/h4-12H,13H2,1-3H3,(H,23,26,29). The monoisotopic (exact) mass is 451 g/mol. The van der Waals surface area contributed by atoms with E-state index in [9.17, 15) is 4.79 Å². The third kappa shape index (κ3) is 4.97. The van der Waals surface area contributed by atoms with Gasteiger partial charge in [-0.05, 0) is 24.3 Å². The minimum atomic E-state index is -0.174. The van der Waals surface area contributed by atoms with Crippen molar-refractivity contribution in [2.24, 2.45) is 0 Å². The summed E-state index contributed by atoms with van der Waals surface area (Å²) in [4.78, 5) is 16.7. The molecule has 0 saturated carbocycles. The van der Waals surface area contributed by atoms with Gasteiger partial charge in [0.25, 0.3) is 0 Å². The summed E-state index contributed by atoms with van der Waals surface area (Å²) in [6, 6.07) is 13.6. The van der Waals surface area contributed by atoms with E-state index < -0.39 is 0 Å². The molecule has 0 aliphatic rings. The molecule has 158 valence electrons. The lowest BCUT2D eigenvalue weighted by molar-refractivity contribution is -0.113. The van der Waals surface area contributed by atoms with Gasteiger partial charge in [-0.3, -0.25) is 19.7 Å². The third-order valence-electron chi connectivity index (χ3n) is 4.21. The minimum absolute atomic E-state index is 0.107. The van der Waals surface area contributed by atoms with Crippen LogP contribution in [0.4, 0.5) is 5.13 Å². The van der Waals surface area contributed by atoms with Crippen molar-refractivity contribution in [1.82, 2.24) is 29.9 Å². The van der Waals surface area contributed by atoms with Crippen LogP contribution in [0.3, 0.4) is 0 Å². The van der Waals surface area contributed by atoms with Gasteiger partial charge in [0.15, 0.2) is 11.0 Å². The van der Waals surface area contributed by atoms with Gasteiger partial charge in [-0.15, -0.1) is 20.4 Å². The molecule has 0 unspecified atom stereocenters. The van der Waals surface area contributed by atoms with Gasteiger partial charge in [0, 0.05) is 29.1 Å². The number of amides is 1. The molecule has 4 rings (SSSR count). The highest BCUT2D eigenvalue weighted by Gasteiger charge is 2.21. The quantitative estimate of drug-likeness (QED) is 0.439. The molecule has 31 heavy (non-hydrogen) atoms. The fraction of sp³-hybridized carbons (Fsp3) is 0.238. The molecule has 0 fully saturated rings. The van der Waals surface area contributed by atoms with E-state index in [0.717, 1.165) is 16.3 Å². The first kappa shape index (κ1) is 21.1. The zero-order valence-corrected chi connectivity index (χ0v) is 18.9. The SMILES string of the molecule is CC(C)(C)c1nnc(NC(=O)CSc2nnc(-c3cccnc3)n2-c2ccccc2)s1. The first-order valence-corrected chi connectivity index (χ1v) is 11.4. The maximum absolute atomic E-state index is 12.5. The molecule has 0 aliphatic heterocycles. The Morgan fingerprint density at radius 3 is 2.55 bits per heavy atom. The van der Waals surface area contributed by atoms with Crippen molar-refractivity contribution in [2.75, 3.05) is 11.1 Å². The van der Waals surface area contributed by atoms with Crippen LogP contribution < -0.4 is 5.32 Å². The first-order chi connectivity index (χ1) is 14.9. The molecule has 0 saturated heterocycles. The maximum Gasteiger partial charge on any atom is 0.236 e. The summed E-state index contributed by atoms with van der Waals surface area (Å²) in [6.45, 7) is 6.18. The molecule has 3 aromatic heterocycles. The van der Waals surface area contributed by atoms with Crippen LogP contribution in [0.2, 0.25) is 0 Å². The van der Waals surface area contributed by atoms with Crippen LogP contribution in [0.5, 0.6) is 0 Å². The van der Waals surface area contributed by atoms with E-state index in [1.807, 2.05) is 47.0 Å². The number of nitrogens with one attached hydrogen (secondary N) is 1. The number of benzene rings is 1. The van der Waals surface area contributed by atoms with Gasteiger partial charge >= 0.3 is 0 Å². The second-order valence-corrected chi connectivity index (χ2v) is 9.64. The van der Waals surface area contributed by atoms with Crippen LogP contribution >= 0.6 is 23.1 Å². The van der Waals surface area contributed by atoms with Gasteiger partial charge in [0.05, 0.1) is 5.75 Å². The van der Waals surface area contributed by atoms with Crippen molar-refractivity contribution in [3.63, 3.8) is 0 Å². The van der Waals surface area contributed by atoms with Crippen molar-refractivity contribution in [1.29, 1.82) is 0 Å². The van der Waals surface area contributed by atoms with Gasteiger partial charge in [-0.25, -0.2) is 0 Å². The van der Waals surface area contributed by atoms with Crippen LogP contribution in [0.25, 0.3) is 17.1 Å². The Labute approximate surface area is 188 Å². The number of pyridine rings is 1. The average Bonchev–Trinajstić information content (AvgIpc) is 3.40. The molecule has 8 nitrogen and oxygen atoms in total. The first-order valence-electron chi connectivity index (χ1n) is 9.60.